The Morgan fingerprint density at radius 3 is 3.25 bits per heavy atom. The number of nitrogens with zero attached hydrogens (tertiary/aromatic N) is 3. The molecule has 2 rings (SSSR count). The van der Waals surface area contributed by atoms with E-state index in [1.165, 1.54) is 0 Å². The summed E-state index contributed by atoms with van der Waals surface area (Å²) in [5, 5.41) is 17.5. The Bertz CT molecular complexity index is 282. The molecule has 1 heterocycles. The summed E-state index contributed by atoms with van der Waals surface area (Å²) in [6, 6.07) is 0. The van der Waals surface area contributed by atoms with Gasteiger partial charge in [-0.25, -0.2) is 4.68 Å². The number of aliphatic hydroxyl groups is 1. The molecule has 1 aromatic heterocycles. The molecule has 1 unspecified atom stereocenters. The summed E-state index contributed by atoms with van der Waals surface area (Å²) in [5.41, 5.74) is 1.92. The second kappa shape index (κ2) is 2.86. The minimum atomic E-state index is -0.381. The van der Waals surface area contributed by atoms with Crippen LogP contribution in [0.2, 0.25) is 0 Å². The van der Waals surface area contributed by atoms with E-state index in [2.05, 4.69) is 10.3 Å². The number of aryl methyl sites for hydroxylation is 1. The van der Waals surface area contributed by atoms with Crippen molar-refractivity contribution >= 4 is 0 Å². The van der Waals surface area contributed by atoms with E-state index in [4.69, 9.17) is 0 Å². The summed E-state index contributed by atoms with van der Waals surface area (Å²) in [7, 11) is 0. The van der Waals surface area contributed by atoms with Crippen LogP contribution >= 0.6 is 0 Å². The van der Waals surface area contributed by atoms with Gasteiger partial charge in [0.1, 0.15) is 5.69 Å². The van der Waals surface area contributed by atoms with Gasteiger partial charge in [-0.3, -0.25) is 0 Å². The lowest BCUT2D eigenvalue weighted by Crippen LogP contribution is -2.12. The molecule has 66 valence electrons. The number of aliphatic hydroxyl groups excluding tert-OH is 1. The van der Waals surface area contributed by atoms with Crippen molar-refractivity contribution in [1.82, 2.24) is 15.0 Å². The highest BCUT2D eigenvalue weighted by molar-refractivity contribution is 5.16. The Labute approximate surface area is 71.2 Å². The zero-order valence-electron chi connectivity index (χ0n) is 7.19. The molecule has 1 aliphatic carbocycles. The van der Waals surface area contributed by atoms with Crippen molar-refractivity contribution < 1.29 is 5.11 Å². The molecule has 1 atom stereocenters. The first-order valence-corrected chi connectivity index (χ1v) is 4.43. The van der Waals surface area contributed by atoms with E-state index in [0.29, 0.717) is 0 Å². The fourth-order valence-electron chi connectivity index (χ4n) is 1.72. The Morgan fingerprint density at radius 1 is 1.67 bits per heavy atom. The quantitative estimate of drug-likeness (QED) is 0.668. The molecule has 0 saturated heterocycles. The van der Waals surface area contributed by atoms with E-state index in [-0.39, 0.29) is 6.10 Å². The average molecular weight is 167 g/mol. The first-order chi connectivity index (χ1) is 5.83. The van der Waals surface area contributed by atoms with Crippen LogP contribution in [-0.2, 0) is 13.0 Å². The number of rotatable bonds is 1. The third kappa shape index (κ3) is 1.03. The van der Waals surface area contributed by atoms with Gasteiger partial charge < -0.3 is 5.11 Å². The van der Waals surface area contributed by atoms with Crippen LogP contribution in [0.15, 0.2) is 0 Å². The fraction of sp³-hybridized carbons (Fsp3) is 0.750. The van der Waals surface area contributed by atoms with Gasteiger partial charge in [0.2, 0.25) is 0 Å². The van der Waals surface area contributed by atoms with Crippen molar-refractivity contribution in [3.63, 3.8) is 0 Å². The van der Waals surface area contributed by atoms with Crippen LogP contribution in [0, 0.1) is 0 Å². The first kappa shape index (κ1) is 7.73. The summed E-state index contributed by atoms with van der Waals surface area (Å²) in [5.74, 6) is 0. The standard InChI is InChI=1S/C8H13N3O/c1-2-11-6-4-3-5-7(12)8(6)9-10-11/h7,12H,2-5H2,1H3. The first-order valence-electron chi connectivity index (χ1n) is 4.43. The predicted molar refractivity (Wildman–Crippen MR) is 43.6 cm³/mol. The largest absolute Gasteiger partial charge is 0.387 e. The molecule has 0 bridgehead atoms. The van der Waals surface area contributed by atoms with Gasteiger partial charge in [0, 0.05) is 6.54 Å². The van der Waals surface area contributed by atoms with Gasteiger partial charge >= 0.3 is 0 Å². The average Bonchev–Trinajstić information content (AvgIpc) is 2.49. The third-order valence-electron chi connectivity index (χ3n) is 2.37. The Kier molecular flexibility index (Phi) is 1.84. The van der Waals surface area contributed by atoms with Gasteiger partial charge in [-0.15, -0.1) is 5.10 Å². The molecule has 0 aliphatic heterocycles. The highest BCUT2D eigenvalue weighted by Crippen LogP contribution is 2.26. The lowest BCUT2D eigenvalue weighted by molar-refractivity contribution is 0.151. The molecule has 0 aromatic carbocycles. The predicted octanol–water partition coefficient (Wildman–Crippen LogP) is 0.668. The van der Waals surface area contributed by atoms with Crippen molar-refractivity contribution in [1.29, 1.82) is 0 Å². The van der Waals surface area contributed by atoms with E-state index in [0.717, 1.165) is 37.2 Å². The molecule has 4 nitrogen and oxygen atoms in total. The minimum absolute atomic E-state index is 0.381. The monoisotopic (exact) mass is 167 g/mol. The number of hydrogen-bond donors (Lipinski definition) is 1. The van der Waals surface area contributed by atoms with Crippen LogP contribution in [0.1, 0.15) is 37.3 Å². The van der Waals surface area contributed by atoms with E-state index in [1.807, 2.05) is 11.6 Å². The molecule has 0 radical (unpaired) electrons. The molecule has 1 aliphatic rings. The SMILES string of the molecule is CCn1nnc2c1CCCC2O. The summed E-state index contributed by atoms with van der Waals surface area (Å²) >= 11 is 0. The van der Waals surface area contributed by atoms with Crippen molar-refractivity contribution in [2.45, 2.75) is 38.8 Å². The van der Waals surface area contributed by atoms with Gasteiger partial charge in [-0.05, 0) is 26.2 Å². The maximum atomic E-state index is 9.55. The number of hydrogen-bond acceptors (Lipinski definition) is 3. The maximum absolute atomic E-state index is 9.55. The molecule has 0 amide bonds. The van der Waals surface area contributed by atoms with E-state index < -0.39 is 0 Å². The molecule has 12 heavy (non-hydrogen) atoms. The lowest BCUT2D eigenvalue weighted by Gasteiger charge is -2.16. The zero-order chi connectivity index (χ0) is 8.55. The van der Waals surface area contributed by atoms with Crippen LogP contribution in [-0.4, -0.2) is 20.1 Å². The number of fused-ring (bicyclic) bond motifs is 1. The van der Waals surface area contributed by atoms with Gasteiger partial charge in [-0.2, -0.15) is 0 Å². The molecule has 0 spiro atoms. The minimum Gasteiger partial charge on any atom is -0.387 e. The summed E-state index contributed by atoms with van der Waals surface area (Å²) in [4.78, 5) is 0. The van der Waals surface area contributed by atoms with Crippen molar-refractivity contribution in [2.24, 2.45) is 0 Å². The number of aromatic nitrogens is 3. The normalized spacial score (nSPS) is 22.3. The molecular weight excluding hydrogens is 154 g/mol. The van der Waals surface area contributed by atoms with Gasteiger partial charge in [0.15, 0.2) is 0 Å². The third-order valence-corrected chi connectivity index (χ3v) is 2.37. The molecule has 1 N–H and O–H groups in total. The Hall–Kier alpha value is -0.900. The van der Waals surface area contributed by atoms with Gasteiger partial charge in [0.05, 0.1) is 11.8 Å². The summed E-state index contributed by atoms with van der Waals surface area (Å²) < 4.78 is 1.87. The fourth-order valence-corrected chi connectivity index (χ4v) is 1.72. The molecule has 1 aromatic rings. The highest BCUT2D eigenvalue weighted by atomic mass is 16.3. The zero-order valence-corrected chi connectivity index (χ0v) is 7.19. The topological polar surface area (TPSA) is 50.9 Å². The van der Waals surface area contributed by atoms with Crippen LogP contribution < -0.4 is 0 Å². The second-order valence-corrected chi connectivity index (χ2v) is 3.15. The summed E-state index contributed by atoms with van der Waals surface area (Å²) in [6.07, 6.45) is 2.50. The van der Waals surface area contributed by atoms with Crippen molar-refractivity contribution in [3.05, 3.63) is 11.4 Å². The van der Waals surface area contributed by atoms with Gasteiger partial charge in [-0.1, -0.05) is 5.21 Å². The second-order valence-electron chi connectivity index (χ2n) is 3.15. The van der Waals surface area contributed by atoms with E-state index >= 15 is 0 Å². The maximum Gasteiger partial charge on any atom is 0.114 e. The van der Waals surface area contributed by atoms with E-state index in [9.17, 15) is 5.11 Å². The molecule has 4 heteroatoms. The molecular formula is C8H13N3O. The van der Waals surface area contributed by atoms with Crippen LogP contribution in [0.4, 0.5) is 0 Å². The Balaban J connectivity index is 2.41. The van der Waals surface area contributed by atoms with Gasteiger partial charge in [0.25, 0.3) is 0 Å². The highest BCUT2D eigenvalue weighted by Gasteiger charge is 2.23. The van der Waals surface area contributed by atoms with Crippen molar-refractivity contribution in [3.8, 4) is 0 Å². The van der Waals surface area contributed by atoms with Crippen LogP contribution in [0.25, 0.3) is 0 Å². The van der Waals surface area contributed by atoms with Crippen LogP contribution in [0.5, 0.6) is 0 Å². The molecule has 0 saturated carbocycles. The Morgan fingerprint density at radius 2 is 2.50 bits per heavy atom. The smallest absolute Gasteiger partial charge is 0.114 e. The van der Waals surface area contributed by atoms with Crippen LogP contribution in [0.3, 0.4) is 0 Å². The lowest BCUT2D eigenvalue weighted by atomic mass is 9.98. The van der Waals surface area contributed by atoms with Crippen molar-refractivity contribution in [2.75, 3.05) is 0 Å². The molecule has 0 fully saturated rings. The van der Waals surface area contributed by atoms with E-state index in [1.54, 1.807) is 0 Å². The summed E-state index contributed by atoms with van der Waals surface area (Å²) in [6.45, 7) is 2.88.